The number of aryl methyl sites for hydroxylation is 1. The zero-order valence-corrected chi connectivity index (χ0v) is 18.0. The van der Waals surface area contributed by atoms with Crippen LogP contribution in [0.3, 0.4) is 0 Å². The maximum atomic E-state index is 12.8. The fourth-order valence-corrected chi connectivity index (χ4v) is 4.15. The number of allylic oxidation sites excluding steroid dienone is 2. The largest absolute Gasteiger partial charge is 0.462 e. The zero-order valence-electron chi connectivity index (χ0n) is 18.0. The number of fused-ring (bicyclic) bond motifs is 1. The molecule has 0 spiro atoms. The van der Waals surface area contributed by atoms with Crippen molar-refractivity contribution in [1.29, 1.82) is 0 Å². The first-order chi connectivity index (χ1) is 14.7. The number of carbonyl (C=O) groups is 5. The van der Waals surface area contributed by atoms with Crippen molar-refractivity contribution in [2.24, 2.45) is 11.8 Å². The molecule has 1 saturated heterocycles. The van der Waals surface area contributed by atoms with Crippen molar-refractivity contribution in [2.45, 2.75) is 46.6 Å². The first-order valence-corrected chi connectivity index (χ1v) is 10.3. The highest BCUT2D eigenvalue weighted by atomic mass is 16.5. The zero-order chi connectivity index (χ0) is 22.9. The number of nitrogens with one attached hydrogen (secondary N) is 1. The van der Waals surface area contributed by atoms with Gasteiger partial charge in [-0.3, -0.25) is 24.1 Å². The van der Waals surface area contributed by atoms with Gasteiger partial charge in [0.1, 0.15) is 6.54 Å². The highest BCUT2D eigenvalue weighted by Crippen LogP contribution is 2.34. The van der Waals surface area contributed by atoms with E-state index in [1.807, 2.05) is 12.2 Å². The summed E-state index contributed by atoms with van der Waals surface area (Å²) in [6.45, 7) is 6.01. The van der Waals surface area contributed by atoms with Crippen LogP contribution in [0.15, 0.2) is 12.2 Å². The van der Waals surface area contributed by atoms with Crippen molar-refractivity contribution in [3.8, 4) is 0 Å². The van der Waals surface area contributed by atoms with Crippen LogP contribution < -0.4 is 0 Å². The third kappa shape index (κ3) is 4.17. The van der Waals surface area contributed by atoms with E-state index in [9.17, 15) is 24.0 Å². The molecule has 2 amide bonds. The molecule has 3 rings (SSSR count). The molecule has 3 atom stereocenters. The van der Waals surface area contributed by atoms with E-state index in [-0.39, 0.29) is 29.7 Å². The van der Waals surface area contributed by atoms with Crippen LogP contribution in [0.1, 0.15) is 58.8 Å². The number of hydrogen-bond donors (Lipinski definition) is 1. The summed E-state index contributed by atoms with van der Waals surface area (Å²) < 4.78 is 10.2. The van der Waals surface area contributed by atoms with Crippen molar-refractivity contribution in [1.82, 2.24) is 9.88 Å². The highest BCUT2D eigenvalue weighted by molar-refractivity contribution is 6.08. The SMILES string of the molecule is CCOC(=O)c1c(C)[nH]c(C(=O)[C@H](C)OC(=O)CN2C(=O)[C@H]3CC=CC[C@H]3C2=O)c1C. The van der Waals surface area contributed by atoms with Crippen molar-refractivity contribution in [3.63, 3.8) is 0 Å². The van der Waals surface area contributed by atoms with Crippen LogP contribution in [0, 0.1) is 25.7 Å². The molecule has 1 aliphatic carbocycles. The summed E-state index contributed by atoms with van der Waals surface area (Å²) in [6.07, 6.45) is 3.50. The number of aromatic amines is 1. The Labute approximate surface area is 179 Å². The Morgan fingerprint density at radius 3 is 2.26 bits per heavy atom. The first kappa shape index (κ1) is 22.5. The van der Waals surface area contributed by atoms with Gasteiger partial charge < -0.3 is 14.5 Å². The monoisotopic (exact) mass is 430 g/mol. The summed E-state index contributed by atoms with van der Waals surface area (Å²) >= 11 is 0. The van der Waals surface area contributed by atoms with Gasteiger partial charge in [0.25, 0.3) is 0 Å². The topological polar surface area (TPSA) is 123 Å². The van der Waals surface area contributed by atoms with Crippen LogP contribution >= 0.6 is 0 Å². The molecule has 166 valence electrons. The molecule has 0 aromatic carbocycles. The molecule has 0 saturated carbocycles. The fourth-order valence-electron chi connectivity index (χ4n) is 4.15. The van der Waals surface area contributed by atoms with Crippen molar-refractivity contribution < 1.29 is 33.4 Å². The number of imide groups is 1. The maximum absolute atomic E-state index is 12.8. The highest BCUT2D eigenvalue weighted by Gasteiger charge is 2.48. The van der Waals surface area contributed by atoms with Gasteiger partial charge in [-0.05, 0) is 46.1 Å². The van der Waals surface area contributed by atoms with E-state index >= 15 is 0 Å². The van der Waals surface area contributed by atoms with Crippen molar-refractivity contribution >= 4 is 29.5 Å². The Kier molecular flexibility index (Phi) is 6.42. The normalized spacial score (nSPS) is 21.1. The summed E-state index contributed by atoms with van der Waals surface area (Å²) in [5.74, 6) is -3.55. The predicted molar refractivity (Wildman–Crippen MR) is 108 cm³/mol. The standard InChI is InChI=1S/C22H26N2O7/c1-5-30-22(29)17-11(2)18(23-12(17)3)19(26)13(4)31-16(25)10-24-20(27)14-8-6-7-9-15(14)21(24)28/h6-7,13-15,23H,5,8-10H2,1-4H3/t13-,14-,15+/m0/s1. The molecule has 1 aromatic heterocycles. The minimum Gasteiger partial charge on any atom is -0.462 e. The Morgan fingerprint density at radius 2 is 1.71 bits per heavy atom. The maximum Gasteiger partial charge on any atom is 0.340 e. The number of ketones is 1. The average Bonchev–Trinajstić information content (AvgIpc) is 3.16. The summed E-state index contributed by atoms with van der Waals surface area (Å²) in [6, 6.07) is 0. The second-order valence-electron chi connectivity index (χ2n) is 7.76. The molecule has 9 nitrogen and oxygen atoms in total. The minimum atomic E-state index is -1.17. The van der Waals surface area contributed by atoms with E-state index in [1.165, 1.54) is 6.92 Å². The number of amides is 2. The van der Waals surface area contributed by atoms with Crippen LogP contribution in [0.4, 0.5) is 0 Å². The van der Waals surface area contributed by atoms with Gasteiger partial charge in [0.2, 0.25) is 17.6 Å². The smallest absolute Gasteiger partial charge is 0.340 e. The second kappa shape index (κ2) is 8.87. The molecule has 1 aromatic rings. The molecule has 0 radical (unpaired) electrons. The number of ether oxygens (including phenoxy) is 2. The Morgan fingerprint density at radius 1 is 1.13 bits per heavy atom. The summed E-state index contributed by atoms with van der Waals surface area (Å²) in [7, 11) is 0. The number of rotatable bonds is 7. The molecule has 31 heavy (non-hydrogen) atoms. The molecule has 2 heterocycles. The molecule has 0 bridgehead atoms. The van der Waals surface area contributed by atoms with Crippen LogP contribution in [0.5, 0.6) is 0 Å². The fraction of sp³-hybridized carbons (Fsp3) is 0.500. The van der Waals surface area contributed by atoms with Gasteiger partial charge >= 0.3 is 11.9 Å². The van der Waals surface area contributed by atoms with Crippen LogP contribution in [-0.2, 0) is 23.9 Å². The van der Waals surface area contributed by atoms with Crippen LogP contribution in [0.2, 0.25) is 0 Å². The molecule has 9 heteroatoms. The van der Waals surface area contributed by atoms with E-state index in [1.54, 1.807) is 20.8 Å². The molecule has 0 unspecified atom stereocenters. The van der Waals surface area contributed by atoms with Crippen LogP contribution in [-0.4, -0.2) is 58.7 Å². The number of Topliss-reactive ketones (excluding diaryl/α,β-unsaturated/α-hetero) is 1. The Balaban J connectivity index is 1.66. The quantitative estimate of drug-likeness (QED) is 0.303. The summed E-state index contributed by atoms with van der Waals surface area (Å²) in [5.41, 5.74) is 1.30. The van der Waals surface area contributed by atoms with Crippen molar-refractivity contribution in [2.75, 3.05) is 13.2 Å². The third-order valence-corrected chi connectivity index (χ3v) is 5.73. The number of nitrogens with zero attached hydrogens (tertiary/aromatic N) is 1. The van der Waals surface area contributed by atoms with E-state index in [0.29, 0.717) is 24.1 Å². The van der Waals surface area contributed by atoms with Gasteiger partial charge in [-0.25, -0.2) is 4.79 Å². The molecule has 1 N–H and O–H groups in total. The molecule has 1 aliphatic heterocycles. The number of likely N-dealkylation sites (tertiary alicyclic amines) is 1. The molecular formula is C22H26N2O7. The third-order valence-electron chi connectivity index (χ3n) is 5.73. The van der Waals surface area contributed by atoms with E-state index < -0.39 is 42.2 Å². The second-order valence-corrected chi connectivity index (χ2v) is 7.76. The van der Waals surface area contributed by atoms with E-state index in [0.717, 1.165) is 4.90 Å². The lowest BCUT2D eigenvalue weighted by Crippen LogP contribution is -2.38. The lowest BCUT2D eigenvalue weighted by molar-refractivity contribution is -0.154. The summed E-state index contributed by atoms with van der Waals surface area (Å²) in [4.78, 5) is 66.0. The van der Waals surface area contributed by atoms with E-state index in [4.69, 9.17) is 9.47 Å². The number of hydrogen-bond acceptors (Lipinski definition) is 7. The molecule has 1 fully saturated rings. The number of esters is 2. The van der Waals surface area contributed by atoms with Gasteiger partial charge in [0, 0.05) is 5.69 Å². The number of carbonyl (C=O) groups excluding carboxylic acids is 5. The average molecular weight is 430 g/mol. The van der Waals surface area contributed by atoms with Crippen molar-refractivity contribution in [3.05, 3.63) is 34.7 Å². The number of H-pyrrole nitrogens is 1. The lowest BCUT2D eigenvalue weighted by atomic mass is 9.85. The van der Waals surface area contributed by atoms with Gasteiger partial charge in [-0.2, -0.15) is 0 Å². The lowest BCUT2D eigenvalue weighted by Gasteiger charge is -2.16. The van der Waals surface area contributed by atoms with Gasteiger partial charge in [0.05, 0.1) is 29.7 Å². The predicted octanol–water partition coefficient (Wildman–Crippen LogP) is 1.87. The first-order valence-electron chi connectivity index (χ1n) is 10.3. The van der Waals surface area contributed by atoms with Crippen LogP contribution in [0.25, 0.3) is 0 Å². The van der Waals surface area contributed by atoms with Gasteiger partial charge in [-0.15, -0.1) is 0 Å². The molecular weight excluding hydrogens is 404 g/mol. The Hall–Kier alpha value is -3.23. The summed E-state index contributed by atoms with van der Waals surface area (Å²) in [5, 5.41) is 0. The Bertz CT molecular complexity index is 949. The van der Waals surface area contributed by atoms with Gasteiger partial charge in [-0.1, -0.05) is 12.2 Å². The van der Waals surface area contributed by atoms with E-state index in [2.05, 4.69) is 4.98 Å². The minimum absolute atomic E-state index is 0.145. The van der Waals surface area contributed by atoms with Gasteiger partial charge in [0.15, 0.2) is 6.10 Å². The molecule has 2 aliphatic rings. The number of aromatic nitrogens is 1.